The molecular weight excluding hydrogens is 400 g/mol. The Morgan fingerprint density at radius 2 is 1.97 bits per heavy atom. The van der Waals surface area contributed by atoms with Crippen molar-refractivity contribution in [2.24, 2.45) is 46.3 Å². The number of carbonyl (C=O) groups is 1. The van der Waals surface area contributed by atoms with Crippen LogP contribution in [-0.2, 0) is 9.53 Å². The molecule has 0 radical (unpaired) electrons. The number of fused-ring (bicyclic) bond motifs is 5. The fourth-order valence-electron chi connectivity index (χ4n) is 8.81. The van der Waals surface area contributed by atoms with Gasteiger partial charge in [-0.15, -0.1) is 0 Å². The number of aliphatic hydroxyl groups excluding tert-OH is 2. The molecule has 4 rings (SSSR count). The summed E-state index contributed by atoms with van der Waals surface area (Å²) in [6.45, 7) is 9.28. The van der Waals surface area contributed by atoms with Gasteiger partial charge in [0, 0.05) is 37.9 Å². The van der Waals surface area contributed by atoms with Crippen LogP contribution in [0.5, 0.6) is 0 Å². The number of carbonyl (C=O) groups excluding carboxylic acids is 1. The van der Waals surface area contributed by atoms with E-state index in [0.717, 1.165) is 25.7 Å². The second kappa shape index (κ2) is 9.15. The summed E-state index contributed by atoms with van der Waals surface area (Å²) >= 11 is 0. The summed E-state index contributed by atoms with van der Waals surface area (Å²) in [5.41, 5.74) is 1.72. The van der Waals surface area contributed by atoms with Crippen LogP contribution in [0.15, 0.2) is 11.6 Å². The smallest absolute Gasteiger partial charge is 0.136 e. The largest absolute Gasteiger partial charge is 0.396 e. The van der Waals surface area contributed by atoms with Gasteiger partial charge in [-0.2, -0.15) is 0 Å². The van der Waals surface area contributed by atoms with Gasteiger partial charge >= 0.3 is 0 Å². The van der Waals surface area contributed by atoms with Crippen molar-refractivity contribution in [1.29, 1.82) is 0 Å². The summed E-state index contributed by atoms with van der Waals surface area (Å²) in [6.07, 6.45) is 11.2. The van der Waals surface area contributed by atoms with Crippen LogP contribution in [0.3, 0.4) is 0 Å². The summed E-state index contributed by atoms with van der Waals surface area (Å²) in [5.74, 6) is 3.17. The molecule has 3 unspecified atom stereocenters. The average molecular weight is 447 g/mol. The molecule has 3 saturated carbocycles. The van der Waals surface area contributed by atoms with E-state index < -0.39 is 0 Å². The van der Waals surface area contributed by atoms with Gasteiger partial charge in [-0.25, -0.2) is 0 Å². The molecular formula is C28H46O4. The Morgan fingerprint density at radius 3 is 2.66 bits per heavy atom. The van der Waals surface area contributed by atoms with E-state index in [2.05, 4.69) is 26.8 Å². The molecule has 10 atom stereocenters. The van der Waals surface area contributed by atoms with Crippen molar-refractivity contribution in [1.82, 2.24) is 0 Å². The first-order valence-corrected chi connectivity index (χ1v) is 13.2. The zero-order chi connectivity index (χ0) is 23.3. The molecule has 4 heteroatoms. The highest BCUT2D eigenvalue weighted by Gasteiger charge is 2.61. The second-order valence-electron chi connectivity index (χ2n) is 12.3. The highest BCUT2D eigenvalue weighted by molar-refractivity contribution is 5.81. The monoisotopic (exact) mass is 446 g/mol. The molecule has 4 nitrogen and oxygen atoms in total. The van der Waals surface area contributed by atoms with Gasteiger partial charge < -0.3 is 14.9 Å². The van der Waals surface area contributed by atoms with Gasteiger partial charge in [0.15, 0.2) is 0 Å². The summed E-state index contributed by atoms with van der Waals surface area (Å²) in [7, 11) is 1.82. The maximum absolute atomic E-state index is 13.1. The van der Waals surface area contributed by atoms with E-state index in [0.29, 0.717) is 35.9 Å². The molecule has 0 spiro atoms. The zero-order valence-electron chi connectivity index (χ0n) is 21.0. The molecule has 0 aromatic rings. The number of allylic oxidation sites excluding steroid dienone is 1. The first-order chi connectivity index (χ1) is 15.2. The highest BCUT2D eigenvalue weighted by atomic mass is 16.5. The molecule has 2 N–H and O–H groups in total. The third-order valence-corrected chi connectivity index (χ3v) is 10.8. The Bertz CT molecular complexity index is 731. The summed E-state index contributed by atoms with van der Waals surface area (Å²) in [4.78, 5) is 13.1. The van der Waals surface area contributed by atoms with Gasteiger partial charge in [0.1, 0.15) is 5.78 Å². The minimum Gasteiger partial charge on any atom is -0.396 e. The predicted octanol–water partition coefficient (Wildman–Crippen LogP) is 5.17. The molecule has 0 aromatic heterocycles. The normalized spacial score (nSPS) is 45.3. The topological polar surface area (TPSA) is 66.8 Å². The molecule has 32 heavy (non-hydrogen) atoms. The van der Waals surface area contributed by atoms with E-state index in [1.807, 2.05) is 14.0 Å². The molecule has 0 bridgehead atoms. The summed E-state index contributed by atoms with van der Waals surface area (Å²) in [6, 6.07) is 0. The number of aliphatic hydroxyl groups is 2. The fourth-order valence-corrected chi connectivity index (χ4v) is 8.81. The third kappa shape index (κ3) is 3.82. The van der Waals surface area contributed by atoms with Crippen molar-refractivity contribution in [3.8, 4) is 0 Å². The maximum atomic E-state index is 13.1. The molecule has 3 fully saturated rings. The second-order valence-corrected chi connectivity index (χ2v) is 12.3. The maximum Gasteiger partial charge on any atom is 0.136 e. The zero-order valence-corrected chi connectivity index (χ0v) is 21.0. The molecule has 4 aliphatic carbocycles. The Balaban J connectivity index is 1.53. The van der Waals surface area contributed by atoms with Crippen molar-refractivity contribution < 1.29 is 19.7 Å². The standard InChI is InChI=1S/C28H46O4/c1-17(16-29)6-11-25(31)18(2)22-9-10-23-21-8-7-19-14-20(30)15-26(32-5)28(19,4)24(21)12-13-27(22,23)3/h7,17-18,20-24,26,29-30H,6,8-16H2,1-5H3/t17?,18-,20?,21-,22+,23-,24-,26?,27+,28-/m0/s1. The average Bonchev–Trinajstić information content (AvgIpc) is 3.13. The minimum atomic E-state index is -0.277. The lowest BCUT2D eigenvalue weighted by Gasteiger charge is -2.60. The lowest BCUT2D eigenvalue weighted by atomic mass is 9.46. The van der Waals surface area contributed by atoms with Crippen molar-refractivity contribution >= 4 is 5.78 Å². The lowest BCUT2D eigenvalue weighted by molar-refractivity contribution is -0.131. The lowest BCUT2D eigenvalue weighted by Crippen LogP contribution is -2.56. The number of ketones is 1. The minimum absolute atomic E-state index is 0.0399. The van der Waals surface area contributed by atoms with Gasteiger partial charge in [0.25, 0.3) is 0 Å². The third-order valence-electron chi connectivity index (χ3n) is 10.8. The molecule has 182 valence electrons. The summed E-state index contributed by atoms with van der Waals surface area (Å²) < 4.78 is 6.00. The number of Topliss-reactive ketones (excluding diaryl/α,β-unsaturated/α-hetero) is 1. The van der Waals surface area contributed by atoms with E-state index >= 15 is 0 Å². The molecule has 4 aliphatic rings. The Morgan fingerprint density at radius 1 is 1.22 bits per heavy atom. The Hall–Kier alpha value is -0.710. The predicted molar refractivity (Wildman–Crippen MR) is 127 cm³/mol. The number of rotatable bonds is 7. The first kappa shape index (κ1) is 24.4. The molecule has 0 amide bonds. The van der Waals surface area contributed by atoms with E-state index in [1.165, 1.54) is 31.3 Å². The van der Waals surface area contributed by atoms with Gasteiger partial charge in [-0.3, -0.25) is 4.79 Å². The number of ether oxygens (including phenoxy) is 1. The first-order valence-electron chi connectivity index (χ1n) is 13.2. The molecule has 0 saturated heterocycles. The van der Waals surface area contributed by atoms with E-state index in [1.54, 1.807) is 0 Å². The summed E-state index contributed by atoms with van der Waals surface area (Å²) in [5, 5.41) is 19.7. The number of hydrogen-bond acceptors (Lipinski definition) is 4. The van der Waals surface area contributed by atoms with Crippen LogP contribution in [0.25, 0.3) is 0 Å². The van der Waals surface area contributed by atoms with E-state index in [-0.39, 0.29) is 41.5 Å². The molecule has 0 heterocycles. The van der Waals surface area contributed by atoms with Crippen LogP contribution in [0.1, 0.15) is 85.5 Å². The van der Waals surface area contributed by atoms with Crippen LogP contribution in [0.4, 0.5) is 0 Å². The van der Waals surface area contributed by atoms with Gasteiger partial charge in [-0.1, -0.05) is 39.3 Å². The highest BCUT2D eigenvalue weighted by Crippen LogP contribution is 2.67. The van der Waals surface area contributed by atoms with Crippen LogP contribution in [-0.4, -0.2) is 41.9 Å². The molecule has 0 aliphatic heterocycles. The van der Waals surface area contributed by atoms with Crippen LogP contribution in [0.2, 0.25) is 0 Å². The Labute approximate surface area is 195 Å². The Kier molecular flexibility index (Phi) is 6.98. The molecule has 0 aromatic carbocycles. The van der Waals surface area contributed by atoms with Gasteiger partial charge in [-0.05, 0) is 80.0 Å². The van der Waals surface area contributed by atoms with Crippen molar-refractivity contribution in [3.63, 3.8) is 0 Å². The van der Waals surface area contributed by atoms with Crippen molar-refractivity contribution in [2.45, 2.75) is 97.7 Å². The number of hydrogen-bond donors (Lipinski definition) is 2. The number of methoxy groups -OCH3 is 1. The van der Waals surface area contributed by atoms with E-state index in [4.69, 9.17) is 4.74 Å². The SMILES string of the molecule is COC1CC(O)CC2=CC[C@H]3[C@@H]4CC[C@H]([C@H](C)C(=O)CCC(C)CO)[C@@]4(C)CC[C@@H]3[C@]21C. The quantitative estimate of drug-likeness (QED) is 0.530. The van der Waals surface area contributed by atoms with Crippen molar-refractivity contribution in [3.05, 3.63) is 11.6 Å². The van der Waals surface area contributed by atoms with Crippen LogP contribution in [0, 0.1) is 46.3 Å². The fraction of sp³-hybridized carbons (Fsp3) is 0.893. The van der Waals surface area contributed by atoms with Gasteiger partial charge in [0.2, 0.25) is 0 Å². The van der Waals surface area contributed by atoms with Gasteiger partial charge in [0.05, 0.1) is 12.2 Å². The van der Waals surface area contributed by atoms with Crippen LogP contribution < -0.4 is 0 Å². The van der Waals surface area contributed by atoms with Crippen LogP contribution >= 0.6 is 0 Å². The van der Waals surface area contributed by atoms with E-state index in [9.17, 15) is 15.0 Å². The van der Waals surface area contributed by atoms with Crippen molar-refractivity contribution in [2.75, 3.05) is 13.7 Å².